The van der Waals surface area contributed by atoms with E-state index in [1.807, 2.05) is 0 Å². The first-order valence-corrected chi connectivity index (χ1v) is 3.13. The minimum absolute atomic E-state index is 0.0941. The van der Waals surface area contributed by atoms with Gasteiger partial charge in [-0.1, -0.05) is 0 Å². The molecule has 0 heterocycles. The van der Waals surface area contributed by atoms with Crippen LogP contribution in [-0.2, 0) is 0 Å². The minimum Gasteiger partial charge on any atom is -0.197 e. The first-order chi connectivity index (χ1) is 3.68. The van der Waals surface area contributed by atoms with Gasteiger partial charge in [-0.05, 0) is 6.92 Å². The van der Waals surface area contributed by atoms with Gasteiger partial charge in [-0.3, -0.25) is 0 Å². The van der Waals surface area contributed by atoms with Gasteiger partial charge < -0.3 is 0 Å². The first-order valence-electron chi connectivity index (χ1n) is 2.25. The molecule has 0 aromatic rings. The van der Waals surface area contributed by atoms with Crippen molar-refractivity contribution >= 4 is 23.2 Å². The van der Waals surface area contributed by atoms with E-state index in [-0.39, 0.29) is 6.04 Å². The molecular formula is C4H8Cl2N2. The summed E-state index contributed by atoms with van der Waals surface area (Å²) in [6, 6.07) is -0.0941. The van der Waals surface area contributed by atoms with Crippen molar-refractivity contribution in [3.63, 3.8) is 0 Å². The van der Waals surface area contributed by atoms with E-state index in [0.29, 0.717) is 0 Å². The second-order valence-corrected chi connectivity index (χ2v) is 2.55. The molecule has 8 heavy (non-hydrogen) atoms. The standard InChI is InChI=1S/C4H8Cl2N2/c1-3(4(5)6)8-7-2/h3-4H,1-2H3. The fourth-order valence-corrected chi connectivity index (χ4v) is 0.333. The fraction of sp³-hybridized carbons (Fsp3) is 1.00. The Labute approximate surface area is 58.9 Å². The number of hydrogen-bond donors (Lipinski definition) is 0. The smallest absolute Gasteiger partial charge is 0.131 e. The normalized spacial score (nSPS) is 15.6. The highest BCUT2D eigenvalue weighted by atomic mass is 35.5. The summed E-state index contributed by atoms with van der Waals surface area (Å²) in [7, 11) is 1.59. The average molecular weight is 155 g/mol. The van der Waals surface area contributed by atoms with Crippen molar-refractivity contribution in [2.24, 2.45) is 10.2 Å². The zero-order chi connectivity index (χ0) is 6.57. The predicted octanol–water partition coefficient (Wildman–Crippen LogP) is 2.26. The molecule has 0 aliphatic carbocycles. The highest BCUT2D eigenvalue weighted by Crippen LogP contribution is 2.10. The summed E-state index contributed by atoms with van der Waals surface area (Å²) in [5.41, 5.74) is 0. The SMILES string of the molecule is CN=NC(C)C(Cl)Cl. The van der Waals surface area contributed by atoms with Gasteiger partial charge in [0.15, 0.2) is 0 Å². The van der Waals surface area contributed by atoms with Gasteiger partial charge in [-0.15, -0.1) is 23.2 Å². The van der Waals surface area contributed by atoms with Crippen molar-refractivity contribution in [1.82, 2.24) is 0 Å². The molecule has 48 valence electrons. The molecule has 4 heteroatoms. The second-order valence-electron chi connectivity index (χ2n) is 1.39. The molecule has 0 aromatic heterocycles. The van der Waals surface area contributed by atoms with Crippen LogP contribution in [0.15, 0.2) is 10.2 Å². The third kappa shape index (κ3) is 3.22. The Morgan fingerprint density at radius 3 is 2.00 bits per heavy atom. The van der Waals surface area contributed by atoms with Crippen molar-refractivity contribution in [3.05, 3.63) is 0 Å². The molecule has 0 amide bonds. The molecule has 0 saturated heterocycles. The molecule has 0 spiro atoms. The van der Waals surface area contributed by atoms with Crippen molar-refractivity contribution in [2.75, 3.05) is 7.05 Å². The maximum atomic E-state index is 5.42. The monoisotopic (exact) mass is 154 g/mol. The Morgan fingerprint density at radius 2 is 1.88 bits per heavy atom. The maximum Gasteiger partial charge on any atom is 0.131 e. The van der Waals surface area contributed by atoms with Gasteiger partial charge in [0.1, 0.15) is 4.84 Å². The van der Waals surface area contributed by atoms with Gasteiger partial charge in [-0.25, -0.2) is 0 Å². The second kappa shape index (κ2) is 4.10. The number of alkyl halides is 2. The molecule has 0 aliphatic heterocycles. The molecule has 0 bridgehead atoms. The summed E-state index contributed by atoms with van der Waals surface area (Å²) < 4.78 is 0. The van der Waals surface area contributed by atoms with Crippen molar-refractivity contribution in [1.29, 1.82) is 0 Å². The number of halogens is 2. The lowest BCUT2D eigenvalue weighted by Crippen LogP contribution is -2.06. The van der Waals surface area contributed by atoms with Crippen molar-refractivity contribution < 1.29 is 0 Å². The van der Waals surface area contributed by atoms with Gasteiger partial charge >= 0.3 is 0 Å². The van der Waals surface area contributed by atoms with E-state index in [2.05, 4.69) is 10.2 Å². The molecule has 2 nitrogen and oxygen atoms in total. The number of rotatable bonds is 2. The molecule has 0 aromatic carbocycles. The molecule has 0 radical (unpaired) electrons. The molecule has 0 rings (SSSR count). The lowest BCUT2D eigenvalue weighted by atomic mass is 10.4. The summed E-state index contributed by atoms with van der Waals surface area (Å²) >= 11 is 10.8. The molecule has 0 aliphatic rings. The van der Waals surface area contributed by atoms with E-state index in [4.69, 9.17) is 23.2 Å². The first kappa shape index (κ1) is 8.18. The highest BCUT2D eigenvalue weighted by molar-refractivity contribution is 6.44. The summed E-state index contributed by atoms with van der Waals surface area (Å²) in [4.78, 5) is -0.446. The van der Waals surface area contributed by atoms with Crippen LogP contribution in [0.5, 0.6) is 0 Å². The van der Waals surface area contributed by atoms with E-state index < -0.39 is 4.84 Å². The minimum atomic E-state index is -0.446. The van der Waals surface area contributed by atoms with E-state index in [0.717, 1.165) is 0 Å². The van der Waals surface area contributed by atoms with Crippen molar-refractivity contribution in [3.8, 4) is 0 Å². The lowest BCUT2D eigenvalue weighted by molar-refractivity contribution is 0.745. The average Bonchev–Trinajstić information content (AvgIpc) is 1.67. The third-order valence-corrected chi connectivity index (χ3v) is 1.39. The fourth-order valence-electron chi connectivity index (χ4n) is 0.233. The van der Waals surface area contributed by atoms with Crippen LogP contribution in [-0.4, -0.2) is 17.9 Å². The van der Waals surface area contributed by atoms with Crippen LogP contribution in [0.3, 0.4) is 0 Å². The lowest BCUT2D eigenvalue weighted by Gasteiger charge is -2.01. The summed E-state index contributed by atoms with van der Waals surface area (Å²) in [6.45, 7) is 1.80. The summed E-state index contributed by atoms with van der Waals surface area (Å²) in [5.74, 6) is 0. The number of hydrogen-bond acceptors (Lipinski definition) is 2. The molecule has 0 N–H and O–H groups in total. The quantitative estimate of drug-likeness (QED) is 0.431. The van der Waals surface area contributed by atoms with Crippen LogP contribution in [0, 0.1) is 0 Å². The third-order valence-electron chi connectivity index (χ3n) is 0.662. The van der Waals surface area contributed by atoms with E-state index in [1.165, 1.54) is 0 Å². The van der Waals surface area contributed by atoms with Crippen LogP contribution in [0.4, 0.5) is 0 Å². The Morgan fingerprint density at radius 1 is 1.38 bits per heavy atom. The van der Waals surface area contributed by atoms with Crippen LogP contribution < -0.4 is 0 Å². The predicted molar refractivity (Wildman–Crippen MR) is 35.7 cm³/mol. The zero-order valence-electron chi connectivity index (χ0n) is 4.81. The van der Waals surface area contributed by atoms with E-state index in [1.54, 1.807) is 14.0 Å². The van der Waals surface area contributed by atoms with Crippen LogP contribution in [0.1, 0.15) is 6.92 Å². The maximum absolute atomic E-state index is 5.42. The van der Waals surface area contributed by atoms with E-state index in [9.17, 15) is 0 Å². The van der Waals surface area contributed by atoms with Crippen molar-refractivity contribution in [2.45, 2.75) is 17.8 Å². The Balaban J connectivity index is 3.47. The molecule has 1 unspecified atom stereocenters. The Bertz CT molecular complexity index is 82.1. The number of nitrogens with zero attached hydrogens (tertiary/aromatic N) is 2. The highest BCUT2D eigenvalue weighted by Gasteiger charge is 2.07. The Hall–Kier alpha value is 0.180. The molecule has 0 fully saturated rings. The van der Waals surface area contributed by atoms with Crippen LogP contribution in [0.25, 0.3) is 0 Å². The Kier molecular flexibility index (Phi) is 4.19. The number of azo groups is 1. The molecular weight excluding hydrogens is 147 g/mol. The topological polar surface area (TPSA) is 24.7 Å². The largest absolute Gasteiger partial charge is 0.197 e. The van der Waals surface area contributed by atoms with Gasteiger partial charge in [0, 0.05) is 7.05 Å². The van der Waals surface area contributed by atoms with Gasteiger partial charge in [0.25, 0.3) is 0 Å². The molecule has 0 saturated carbocycles. The van der Waals surface area contributed by atoms with Crippen LogP contribution >= 0.6 is 23.2 Å². The summed E-state index contributed by atoms with van der Waals surface area (Å²) in [5, 5.41) is 7.20. The zero-order valence-corrected chi connectivity index (χ0v) is 6.32. The van der Waals surface area contributed by atoms with E-state index >= 15 is 0 Å². The molecule has 1 atom stereocenters. The van der Waals surface area contributed by atoms with Gasteiger partial charge in [0.05, 0.1) is 6.04 Å². The van der Waals surface area contributed by atoms with Crippen LogP contribution in [0.2, 0.25) is 0 Å². The van der Waals surface area contributed by atoms with Gasteiger partial charge in [0.2, 0.25) is 0 Å². The summed E-state index contributed by atoms with van der Waals surface area (Å²) in [6.07, 6.45) is 0. The van der Waals surface area contributed by atoms with Gasteiger partial charge in [-0.2, -0.15) is 10.2 Å².